The van der Waals surface area contributed by atoms with E-state index in [2.05, 4.69) is 9.46 Å². The first-order valence-corrected chi connectivity index (χ1v) is 9.46. The number of ether oxygens (including phenoxy) is 4. The van der Waals surface area contributed by atoms with E-state index in [1.165, 1.54) is 31.4 Å². The van der Waals surface area contributed by atoms with Gasteiger partial charge in [0.25, 0.3) is 0 Å². The molecular weight excluding hydrogens is 374 g/mol. The standard InChI is InChI=1S/C15H18ClNO7S/c1-21-13(18)8-22-12-7-24-14-11(6-23-15(12)14)17-25(19,20)10-4-2-9(16)3-5-10/h2-5,11-12,14-15,17H,6-8H2,1H3. The van der Waals surface area contributed by atoms with Crippen LogP contribution >= 0.6 is 11.6 Å². The van der Waals surface area contributed by atoms with E-state index >= 15 is 0 Å². The monoisotopic (exact) mass is 391 g/mol. The second-order valence-corrected chi connectivity index (χ2v) is 7.85. The smallest absolute Gasteiger partial charge is 0.331 e. The normalized spacial score (nSPS) is 28.7. The molecule has 4 unspecified atom stereocenters. The van der Waals surface area contributed by atoms with Crippen molar-refractivity contribution in [2.24, 2.45) is 0 Å². The van der Waals surface area contributed by atoms with Crippen LogP contribution in [0.1, 0.15) is 0 Å². The molecule has 2 aliphatic heterocycles. The Morgan fingerprint density at radius 2 is 1.92 bits per heavy atom. The lowest BCUT2D eigenvalue weighted by Gasteiger charge is -2.18. The van der Waals surface area contributed by atoms with E-state index in [-0.39, 0.29) is 24.7 Å². The molecule has 0 spiro atoms. The number of methoxy groups -OCH3 is 1. The first kappa shape index (κ1) is 18.6. The molecule has 2 heterocycles. The summed E-state index contributed by atoms with van der Waals surface area (Å²) in [6, 6.07) is 5.32. The number of nitrogens with one attached hydrogen (secondary N) is 1. The zero-order valence-electron chi connectivity index (χ0n) is 13.4. The third-order valence-electron chi connectivity index (χ3n) is 4.08. The molecule has 138 valence electrons. The van der Waals surface area contributed by atoms with Crippen LogP contribution in [0, 0.1) is 0 Å². The Morgan fingerprint density at radius 3 is 2.60 bits per heavy atom. The van der Waals surface area contributed by atoms with Crippen LogP contribution in [0.25, 0.3) is 0 Å². The molecule has 8 nitrogen and oxygen atoms in total. The van der Waals surface area contributed by atoms with Crippen molar-refractivity contribution in [3.8, 4) is 0 Å². The van der Waals surface area contributed by atoms with Gasteiger partial charge in [-0.3, -0.25) is 0 Å². The molecular formula is C15H18ClNO7S. The molecule has 0 aromatic heterocycles. The molecule has 0 amide bonds. The predicted molar refractivity (Wildman–Crippen MR) is 86.8 cm³/mol. The summed E-state index contributed by atoms with van der Waals surface area (Å²) in [6.07, 6.45) is -1.37. The highest BCUT2D eigenvalue weighted by atomic mass is 35.5. The zero-order valence-corrected chi connectivity index (χ0v) is 15.0. The Kier molecular flexibility index (Phi) is 5.62. The van der Waals surface area contributed by atoms with Gasteiger partial charge in [-0.1, -0.05) is 11.6 Å². The maximum atomic E-state index is 12.5. The number of rotatable bonds is 6. The van der Waals surface area contributed by atoms with Crippen molar-refractivity contribution < 1.29 is 32.2 Å². The van der Waals surface area contributed by atoms with Gasteiger partial charge in [0.05, 0.1) is 31.3 Å². The van der Waals surface area contributed by atoms with Gasteiger partial charge in [-0.25, -0.2) is 17.9 Å². The highest BCUT2D eigenvalue weighted by molar-refractivity contribution is 7.89. The van der Waals surface area contributed by atoms with Gasteiger partial charge in [-0.15, -0.1) is 0 Å². The highest BCUT2D eigenvalue weighted by Crippen LogP contribution is 2.29. The molecule has 2 aliphatic rings. The van der Waals surface area contributed by atoms with Crippen molar-refractivity contribution in [3.63, 3.8) is 0 Å². The van der Waals surface area contributed by atoms with Crippen molar-refractivity contribution in [1.29, 1.82) is 0 Å². The summed E-state index contributed by atoms with van der Waals surface area (Å²) in [5, 5.41) is 0.452. The van der Waals surface area contributed by atoms with E-state index < -0.39 is 40.3 Å². The molecule has 4 atom stereocenters. The second-order valence-electron chi connectivity index (χ2n) is 5.70. The number of benzene rings is 1. The number of hydrogen-bond acceptors (Lipinski definition) is 7. The fourth-order valence-corrected chi connectivity index (χ4v) is 4.18. The lowest BCUT2D eigenvalue weighted by molar-refractivity contribution is -0.150. The summed E-state index contributed by atoms with van der Waals surface area (Å²) < 4.78 is 48.7. The van der Waals surface area contributed by atoms with Crippen molar-refractivity contribution in [1.82, 2.24) is 4.72 Å². The first-order valence-electron chi connectivity index (χ1n) is 7.60. The largest absolute Gasteiger partial charge is 0.467 e. The molecule has 1 aromatic rings. The number of esters is 1. The van der Waals surface area contributed by atoms with Crippen LogP contribution in [0.5, 0.6) is 0 Å². The first-order chi connectivity index (χ1) is 11.9. The molecule has 0 radical (unpaired) electrons. The fraction of sp³-hybridized carbons (Fsp3) is 0.533. The molecule has 10 heteroatoms. The van der Waals surface area contributed by atoms with Crippen LogP contribution in [0.4, 0.5) is 0 Å². The Bertz CT molecular complexity index is 724. The molecule has 3 rings (SSSR count). The Hall–Kier alpha value is -1.23. The van der Waals surface area contributed by atoms with Crippen molar-refractivity contribution in [2.75, 3.05) is 26.9 Å². The lowest BCUT2D eigenvalue weighted by atomic mass is 10.1. The van der Waals surface area contributed by atoms with Crippen molar-refractivity contribution in [3.05, 3.63) is 29.3 Å². The van der Waals surface area contributed by atoms with Gasteiger partial charge >= 0.3 is 5.97 Å². The average Bonchev–Trinajstić information content (AvgIpc) is 3.16. The SMILES string of the molecule is COC(=O)COC1COC2C(NS(=O)(=O)c3ccc(Cl)cc3)COC12. The molecule has 1 aromatic carbocycles. The highest BCUT2D eigenvalue weighted by Gasteiger charge is 2.49. The van der Waals surface area contributed by atoms with Gasteiger partial charge in [0, 0.05) is 5.02 Å². The summed E-state index contributed by atoms with van der Waals surface area (Å²) in [5.74, 6) is -0.499. The maximum absolute atomic E-state index is 12.5. The van der Waals surface area contributed by atoms with E-state index in [1.807, 2.05) is 0 Å². The van der Waals surface area contributed by atoms with Gasteiger partial charge in [0.2, 0.25) is 10.0 Å². The minimum absolute atomic E-state index is 0.108. The summed E-state index contributed by atoms with van der Waals surface area (Å²) in [4.78, 5) is 11.3. The molecule has 0 saturated carbocycles. The predicted octanol–water partition coefficient (Wildman–Crippen LogP) is 0.343. The molecule has 25 heavy (non-hydrogen) atoms. The number of fused-ring (bicyclic) bond motifs is 1. The summed E-state index contributed by atoms with van der Waals surface area (Å²) in [7, 11) is -2.46. The molecule has 0 bridgehead atoms. The third kappa shape index (κ3) is 4.13. The topological polar surface area (TPSA) is 100 Å². The van der Waals surface area contributed by atoms with E-state index in [0.29, 0.717) is 5.02 Å². The molecule has 0 aliphatic carbocycles. The van der Waals surface area contributed by atoms with E-state index in [9.17, 15) is 13.2 Å². The number of carbonyl (C=O) groups is 1. The van der Waals surface area contributed by atoms with E-state index in [0.717, 1.165) is 0 Å². The lowest BCUT2D eigenvalue weighted by Crippen LogP contribution is -2.44. The second kappa shape index (κ2) is 7.56. The van der Waals surface area contributed by atoms with Crippen LogP contribution in [-0.4, -0.2) is 65.7 Å². The van der Waals surface area contributed by atoms with Crippen LogP contribution < -0.4 is 4.72 Å². The minimum Gasteiger partial charge on any atom is -0.467 e. The van der Waals surface area contributed by atoms with E-state index in [1.54, 1.807) is 0 Å². The molecule has 2 saturated heterocycles. The zero-order chi connectivity index (χ0) is 18.0. The molecule has 1 N–H and O–H groups in total. The van der Waals surface area contributed by atoms with Crippen LogP contribution in [-0.2, 0) is 33.8 Å². The molecule has 2 fully saturated rings. The maximum Gasteiger partial charge on any atom is 0.331 e. The number of halogens is 1. The van der Waals surface area contributed by atoms with Gasteiger partial charge in [-0.2, -0.15) is 0 Å². The summed E-state index contributed by atoms with van der Waals surface area (Å²) in [5.41, 5.74) is 0. The van der Waals surface area contributed by atoms with Crippen LogP contribution in [0.15, 0.2) is 29.2 Å². The van der Waals surface area contributed by atoms with Crippen molar-refractivity contribution in [2.45, 2.75) is 29.2 Å². The number of hydrogen-bond donors (Lipinski definition) is 1. The van der Waals surface area contributed by atoms with Gasteiger partial charge in [-0.05, 0) is 24.3 Å². The quantitative estimate of drug-likeness (QED) is 0.698. The minimum atomic E-state index is -3.73. The Balaban J connectivity index is 1.62. The fourth-order valence-electron chi connectivity index (χ4n) is 2.82. The third-order valence-corrected chi connectivity index (χ3v) is 5.84. The van der Waals surface area contributed by atoms with Gasteiger partial charge in [0.1, 0.15) is 24.9 Å². The Morgan fingerprint density at radius 1 is 1.24 bits per heavy atom. The van der Waals surface area contributed by atoms with Crippen LogP contribution in [0.2, 0.25) is 5.02 Å². The average molecular weight is 392 g/mol. The summed E-state index contributed by atoms with van der Waals surface area (Å²) >= 11 is 5.78. The Labute approximate surface area is 150 Å². The van der Waals surface area contributed by atoms with Gasteiger partial charge in [0.15, 0.2) is 0 Å². The number of sulfonamides is 1. The van der Waals surface area contributed by atoms with E-state index in [4.69, 9.17) is 25.8 Å². The van der Waals surface area contributed by atoms with Crippen LogP contribution in [0.3, 0.4) is 0 Å². The summed E-state index contributed by atoms with van der Waals surface area (Å²) in [6.45, 7) is 0.157. The van der Waals surface area contributed by atoms with Crippen molar-refractivity contribution >= 4 is 27.6 Å². The number of carbonyl (C=O) groups excluding carboxylic acids is 1. The van der Waals surface area contributed by atoms with Gasteiger partial charge < -0.3 is 18.9 Å².